The summed E-state index contributed by atoms with van der Waals surface area (Å²) in [6.07, 6.45) is 2.63. The fourth-order valence-corrected chi connectivity index (χ4v) is 1.17. The molecular formula is C10H11N3O3. The van der Waals surface area contributed by atoms with Gasteiger partial charge in [-0.1, -0.05) is 5.16 Å². The molecule has 0 saturated carbocycles. The summed E-state index contributed by atoms with van der Waals surface area (Å²) < 4.78 is 10.1. The molecule has 0 amide bonds. The average molecular weight is 221 g/mol. The molecule has 6 nitrogen and oxygen atoms in total. The average Bonchev–Trinajstić information content (AvgIpc) is 2.77. The van der Waals surface area contributed by atoms with Crippen LogP contribution in [0.4, 0.5) is 0 Å². The van der Waals surface area contributed by atoms with Crippen molar-refractivity contribution in [1.82, 2.24) is 15.1 Å². The SMILES string of the molecule is COC(C)c1noc(-c2cncc(O)c2)n1. The molecule has 0 fully saturated rings. The van der Waals surface area contributed by atoms with Crippen LogP contribution in [-0.2, 0) is 4.74 Å². The van der Waals surface area contributed by atoms with Gasteiger partial charge in [-0.05, 0) is 13.0 Å². The van der Waals surface area contributed by atoms with Crippen LogP contribution < -0.4 is 0 Å². The molecule has 0 aliphatic carbocycles. The molecule has 2 heterocycles. The predicted molar refractivity (Wildman–Crippen MR) is 54.6 cm³/mol. The second-order valence-electron chi connectivity index (χ2n) is 3.27. The standard InChI is InChI=1S/C10H11N3O3/c1-6(15-2)9-12-10(16-13-9)7-3-8(14)5-11-4-7/h3-6,14H,1-2H3. The van der Waals surface area contributed by atoms with E-state index >= 15 is 0 Å². The highest BCUT2D eigenvalue weighted by molar-refractivity contribution is 5.53. The predicted octanol–water partition coefficient (Wildman–Crippen LogP) is 1.54. The highest BCUT2D eigenvalue weighted by Gasteiger charge is 2.14. The first kappa shape index (κ1) is 10.6. The van der Waals surface area contributed by atoms with Gasteiger partial charge in [0.15, 0.2) is 0 Å². The molecule has 1 atom stereocenters. The lowest BCUT2D eigenvalue weighted by Gasteiger charge is -2.00. The van der Waals surface area contributed by atoms with Gasteiger partial charge in [0.25, 0.3) is 5.89 Å². The van der Waals surface area contributed by atoms with Crippen LogP contribution in [0, 0.1) is 0 Å². The summed E-state index contributed by atoms with van der Waals surface area (Å²) >= 11 is 0. The smallest absolute Gasteiger partial charge is 0.259 e. The quantitative estimate of drug-likeness (QED) is 0.846. The summed E-state index contributed by atoms with van der Waals surface area (Å²) in [6, 6.07) is 1.50. The van der Waals surface area contributed by atoms with Crippen molar-refractivity contribution in [2.24, 2.45) is 0 Å². The van der Waals surface area contributed by atoms with E-state index in [0.717, 1.165) is 0 Å². The van der Waals surface area contributed by atoms with Gasteiger partial charge in [-0.15, -0.1) is 0 Å². The van der Waals surface area contributed by atoms with Crippen molar-refractivity contribution in [3.05, 3.63) is 24.3 Å². The van der Waals surface area contributed by atoms with Crippen LogP contribution in [0.2, 0.25) is 0 Å². The molecule has 1 N–H and O–H groups in total. The molecule has 2 rings (SSSR count). The zero-order valence-corrected chi connectivity index (χ0v) is 8.91. The van der Waals surface area contributed by atoms with Gasteiger partial charge in [-0.25, -0.2) is 0 Å². The molecule has 2 aromatic rings. The second kappa shape index (κ2) is 4.28. The third kappa shape index (κ3) is 2.01. The van der Waals surface area contributed by atoms with E-state index in [4.69, 9.17) is 9.26 Å². The Balaban J connectivity index is 2.31. The number of ether oxygens (including phenoxy) is 1. The Bertz CT molecular complexity index is 484. The minimum atomic E-state index is -0.234. The van der Waals surface area contributed by atoms with E-state index in [2.05, 4.69) is 15.1 Å². The van der Waals surface area contributed by atoms with Crippen LogP contribution in [0.1, 0.15) is 18.9 Å². The van der Waals surface area contributed by atoms with Crippen molar-refractivity contribution in [2.45, 2.75) is 13.0 Å². The summed E-state index contributed by atoms with van der Waals surface area (Å²) in [5.41, 5.74) is 0.571. The van der Waals surface area contributed by atoms with E-state index < -0.39 is 0 Å². The molecule has 2 aromatic heterocycles. The van der Waals surface area contributed by atoms with Crippen molar-refractivity contribution in [3.63, 3.8) is 0 Å². The zero-order chi connectivity index (χ0) is 11.5. The van der Waals surface area contributed by atoms with Crippen molar-refractivity contribution in [3.8, 4) is 17.2 Å². The molecule has 0 aliphatic heterocycles. The number of rotatable bonds is 3. The highest BCUT2D eigenvalue weighted by atomic mass is 16.5. The molecule has 1 unspecified atom stereocenters. The Kier molecular flexibility index (Phi) is 2.82. The maximum absolute atomic E-state index is 9.26. The number of aromatic hydroxyl groups is 1. The van der Waals surface area contributed by atoms with Crippen LogP contribution in [0.15, 0.2) is 23.0 Å². The van der Waals surface area contributed by atoms with Crippen molar-refractivity contribution < 1.29 is 14.4 Å². The van der Waals surface area contributed by atoms with Crippen molar-refractivity contribution in [2.75, 3.05) is 7.11 Å². The van der Waals surface area contributed by atoms with Crippen molar-refractivity contribution >= 4 is 0 Å². The number of nitrogens with zero attached hydrogens (tertiary/aromatic N) is 3. The Morgan fingerprint density at radius 2 is 2.25 bits per heavy atom. The summed E-state index contributed by atoms with van der Waals surface area (Å²) in [5.74, 6) is 0.820. The molecule has 0 aliphatic rings. The maximum atomic E-state index is 9.26. The molecular weight excluding hydrogens is 210 g/mol. The second-order valence-corrected chi connectivity index (χ2v) is 3.27. The lowest BCUT2D eigenvalue weighted by atomic mass is 10.3. The first-order valence-corrected chi connectivity index (χ1v) is 4.71. The van der Waals surface area contributed by atoms with E-state index in [0.29, 0.717) is 17.3 Å². The third-order valence-electron chi connectivity index (χ3n) is 2.13. The van der Waals surface area contributed by atoms with Crippen molar-refractivity contribution in [1.29, 1.82) is 0 Å². The van der Waals surface area contributed by atoms with Gasteiger partial charge in [-0.2, -0.15) is 4.98 Å². The van der Waals surface area contributed by atoms with Gasteiger partial charge in [0.05, 0.1) is 11.8 Å². The third-order valence-corrected chi connectivity index (χ3v) is 2.13. The number of hydrogen-bond acceptors (Lipinski definition) is 6. The van der Waals surface area contributed by atoms with E-state index in [1.54, 1.807) is 7.11 Å². The summed E-state index contributed by atoms with van der Waals surface area (Å²) in [7, 11) is 1.57. The topological polar surface area (TPSA) is 81.3 Å². The monoisotopic (exact) mass is 221 g/mol. The van der Waals surface area contributed by atoms with Crippen LogP contribution in [0.25, 0.3) is 11.5 Å². The van der Waals surface area contributed by atoms with Gasteiger partial charge >= 0.3 is 0 Å². The van der Waals surface area contributed by atoms with Crippen LogP contribution in [0.5, 0.6) is 5.75 Å². The van der Waals surface area contributed by atoms with Gasteiger partial charge in [0, 0.05) is 13.3 Å². The van der Waals surface area contributed by atoms with Crippen LogP contribution in [0.3, 0.4) is 0 Å². The summed E-state index contributed by atoms with van der Waals surface area (Å²) in [5, 5.41) is 13.0. The first-order valence-electron chi connectivity index (χ1n) is 4.71. The van der Waals surface area contributed by atoms with Crippen LogP contribution >= 0.6 is 0 Å². The Morgan fingerprint density at radius 1 is 1.44 bits per heavy atom. The Hall–Kier alpha value is -1.95. The number of methoxy groups -OCH3 is 1. The molecule has 84 valence electrons. The lowest BCUT2D eigenvalue weighted by Crippen LogP contribution is -1.97. The van der Waals surface area contributed by atoms with E-state index in [-0.39, 0.29) is 11.9 Å². The Morgan fingerprint density at radius 3 is 2.94 bits per heavy atom. The minimum absolute atomic E-state index is 0.0528. The van der Waals surface area contributed by atoms with Gasteiger partial charge in [0.1, 0.15) is 11.9 Å². The molecule has 0 aromatic carbocycles. The summed E-state index contributed by atoms with van der Waals surface area (Å²) in [4.78, 5) is 7.96. The number of pyridine rings is 1. The lowest BCUT2D eigenvalue weighted by molar-refractivity contribution is 0.109. The maximum Gasteiger partial charge on any atom is 0.259 e. The number of aromatic nitrogens is 3. The minimum Gasteiger partial charge on any atom is -0.506 e. The van der Waals surface area contributed by atoms with E-state index in [1.807, 2.05) is 6.92 Å². The molecule has 0 bridgehead atoms. The van der Waals surface area contributed by atoms with Gasteiger partial charge in [-0.3, -0.25) is 4.98 Å². The number of hydrogen-bond donors (Lipinski definition) is 1. The molecule has 0 radical (unpaired) electrons. The molecule has 16 heavy (non-hydrogen) atoms. The fraction of sp³-hybridized carbons (Fsp3) is 0.300. The largest absolute Gasteiger partial charge is 0.506 e. The molecule has 0 saturated heterocycles. The van der Waals surface area contributed by atoms with E-state index in [9.17, 15) is 5.11 Å². The van der Waals surface area contributed by atoms with E-state index in [1.165, 1.54) is 18.5 Å². The molecule has 0 spiro atoms. The normalized spacial score (nSPS) is 12.6. The van der Waals surface area contributed by atoms with Gasteiger partial charge < -0.3 is 14.4 Å². The first-order chi connectivity index (χ1) is 7.70. The molecule has 6 heteroatoms. The Labute approximate surface area is 91.9 Å². The van der Waals surface area contributed by atoms with Gasteiger partial charge in [0.2, 0.25) is 5.82 Å². The van der Waals surface area contributed by atoms with Crippen LogP contribution in [-0.4, -0.2) is 27.3 Å². The zero-order valence-electron chi connectivity index (χ0n) is 8.91. The highest BCUT2D eigenvalue weighted by Crippen LogP contribution is 2.22. The summed E-state index contributed by atoms with van der Waals surface area (Å²) in [6.45, 7) is 1.81. The fourth-order valence-electron chi connectivity index (χ4n) is 1.17.